The average Bonchev–Trinajstić information content (AvgIpc) is 3.00. The Labute approximate surface area is 117 Å². The van der Waals surface area contributed by atoms with Crippen LogP contribution < -0.4 is 11.1 Å². The van der Waals surface area contributed by atoms with Gasteiger partial charge in [-0.2, -0.15) is 5.10 Å². The number of fused-ring (bicyclic) bond motifs is 1. The second-order valence-corrected chi connectivity index (χ2v) is 6.27. The molecule has 3 aromatic rings. The van der Waals surface area contributed by atoms with Gasteiger partial charge in [0, 0.05) is 7.05 Å². The standard InChI is InChI=1S/C10H13N7S2/c1-4-6-7(17(3)16-4)13-10(18-6)12-5(2)8-14-15-9(11)19-8/h5H,1-3H3,(H2,11,15)(H,12,13)/t5-/m0/s1. The fourth-order valence-electron chi connectivity index (χ4n) is 1.82. The Morgan fingerprint density at radius 3 is 2.74 bits per heavy atom. The highest BCUT2D eigenvalue weighted by Gasteiger charge is 2.16. The quantitative estimate of drug-likeness (QED) is 0.767. The summed E-state index contributed by atoms with van der Waals surface area (Å²) < 4.78 is 2.90. The third-order valence-electron chi connectivity index (χ3n) is 2.71. The van der Waals surface area contributed by atoms with Gasteiger partial charge < -0.3 is 11.1 Å². The minimum absolute atomic E-state index is 0.0311. The van der Waals surface area contributed by atoms with Crippen LogP contribution in [0.4, 0.5) is 10.3 Å². The fraction of sp³-hybridized carbons (Fsp3) is 0.400. The molecule has 0 fully saturated rings. The van der Waals surface area contributed by atoms with E-state index in [-0.39, 0.29) is 6.04 Å². The first-order valence-electron chi connectivity index (χ1n) is 5.70. The number of aromatic nitrogens is 5. The third kappa shape index (κ3) is 2.15. The molecule has 19 heavy (non-hydrogen) atoms. The van der Waals surface area contributed by atoms with E-state index in [0.29, 0.717) is 5.13 Å². The lowest BCUT2D eigenvalue weighted by Gasteiger charge is -2.08. The number of nitrogens with one attached hydrogen (secondary N) is 1. The molecule has 100 valence electrons. The molecule has 0 aliphatic rings. The van der Waals surface area contributed by atoms with Crippen molar-refractivity contribution in [2.75, 3.05) is 11.1 Å². The summed E-state index contributed by atoms with van der Waals surface area (Å²) in [4.78, 5) is 4.54. The van der Waals surface area contributed by atoms with Crippen LogP contribution >= 0.6 is 22.7 Å². The highest BCUT2D eigenvalue weighted by molar-refractivity contribution is 7.22. The van der Waals surface area contributed by atoms with Crippen molar-refractivity contribution in [3.63, 3.8) is 0 Å². The van der Waals surface area contributed by atoms with Gasteiger partial charge in [0.05, 0.1) is 16.4 Å². The van der Waals surface area contributed by atoms with Gasteiger partial charge in [0.15, 0.2) is 10.8 Å². The molecule has 0 aliphatic heterocycles. The van der Waals surface area contributed by atoms with Crippen molar-refractivity contribution in [3.05, 3.63) is 10.7 Å². The zero-order valence-corrected chi connectivity index (χ0v) is 12.3. The minimum atomic E-state index is 0.0311. The number of nitrogens with two attached hydrogens (primary N) is 1. The molecule has 0 spiro atoms. The van der Waals surface area contributed by atoms with Gasteiger partial charge in [0.2, 0.25) is 5.13 Å². The van der Waals surface area contributed by atoms with E-state index in [2.05, 4.69) is 25.6 Å². The lowest BCUT2D eigenvalue weighted by atomic mass is 10.4. The molecular formula is C10H13N7S2. The molecule has 1 atom stereocenters. The van der Waals surface area contributed by atoms with Gasteiger partial charge >= 0.3 is 0 Å². The summed E-state index contributed by atoms with van der Waals surface area (Å²) in [6.45, 7) is 4.00. The van der Waals surface area contributed by atoms with Crippen molar-refractivity contribution in [3.8, 4) is 0 Å². The van der Waals surface area contributed by atoms with Crippen LogP contribution in [0.5, 0.6) is 0 Å². The molecule has 0 amide bonds. The van der Waals surface area contributed by atoms with E-state index in [9.17, 15) is 0 Å². The number of hydrogen-bond acceptors (Lipinski definition) is 8. The molecule has 7 nitrogen and oxygen atoms in total. The van der Waals surface area contributed by atoms with Crippen LogP contribution in [0.1, 0.15) is 23.7 Å². The van der Waals surface area contributed by atoms with Crippen LogP contribution in [0.15, 0.2) is 0 Å². The maximum absolute atomic E-state index is 5.59. The summed E-state index contributed by atoms with van der Waals surface area (Å²) in [5, 5.41) is 17.7. The molecule has 0 aliphatic carbocycles. The Hall–Kier alpha value is -1.74. The number of thiazole rings is 1. The second-order valence-electron chi connectivity index (χ2n) is 4.23. The molecule has 0 saturated heterocycles. The molecule has 0 unspecified atom stereocenters. The van der Waals surface area contributed by atoms with E-state index in [4.69, 9.17) is 5.73 Å². The molecule has 0 aromatic carbocycles. The largest absolute Gasteiger partial charge is 0.374 e. The Morgan fingerprint density at radius 1 is 1.32 bits per heavy atom. The van der Waals surface area contributed by atoms with E-state index >= 15 is 0 Å². The molecule has 3 N–H and O–H groups in total. The van der Waals surface area contributed by atoms with Crippen LogP contribution in [0, 0.1) is 6.92 Å². The van der Waals surface area contributed by atoms with Crippen LogP contribution in [0.2, 0.25) is 0 Å². The molecule has 3 heterocycles. The second kappa shape index (κ2) is 4.42. The van der Waals surface area contributed by atoms with Crippen molar-refractivity contribution in [1.29, 1.82) is 0 Å². The van der Waals surface area contributed by atoms with Crippen LogP contribution in [-0.4, -0.2) is 25.0 Å². The smallest absolute Gasteiger partial charge is 0.203 e. The molecule has 0 radical (unpaired) electrons. The van der Waals surface area contributed by atoms with E-state index in [1.54, 1.807) is 16.0 Å². The minimum Gasteiger partial charge on any atom is -0.374 e. The van der Waals surface area contributed by atoms with Crippen molar-refractivity contribution < 1.29 is 0 Å². The van der Waals surface area contributed by atoms with E-state index in [1.807, 2.05) is 20.9 Å². The number of rotatable bonds is 3. The molecule has 0 bridgehead atoms. The highest BCUT2D eigenvalue weighted by atomic mass is 32.1. The van der Waals surface area contributed by atoms with E-state index in [0.717, 1.165) is 26.2 Å². The lowest BCUT2D eigenvalue weighted by Crippen LogP contribution is -2.06. The summed E-state index contributed by atoms with van der Waals surface area (Å²) in [5.74, 6) is 0. The summed E-state index contributed by atoms with van der Waals surface area (Å²) in [6, 6.07) is 0.0311. The Kier molecular flexibility index (Phi) is 2.86. The summed E-state index contributed by atoms with van der Waals surface area (Å²) >= 11 is 2.98. The zero-order chi connectivity index (χ0) is 13.6. The Bertz CT molecular complexity index is 691. The predicted octanol–water partition coefficient (Wildman–Crippen LogP) is 1.95. The van der Waals surface area contributed by atoms with E-state index in [1.165, 1.54) is 11.3 Å². The van der Waals surface area contributed by atoms with Gasteiger partial charge in [-0.05, 0) is 13.8 Å². The first-order chi connectivity index (χ1) is 9.04. The first-order valence-corrected chi connectivity index (χ1v) is 7.33. The lowest BCUT2D eigenvalue weighted by molar-refractivity contribution is 0.773. The van der Waals surface area contributed by atoms with Gasteiger partial charge in [0.25, 0.3) is 0 Å². The number of anilines is 2. The molecular weight excluding hydrogens is 282 g/mol. The van der Waals surface area contributed by atoms with Gasteiger partial charge in [-0.25, -0.2) is 9.67 Å². The van der Waals surface area contributed by atoms with Gasteiger partial charge in [-0.3, -0.25) is 0 Å². The van der Waals surface area contributed by atoms with Gasteiger partial charge in [-0.15, -0.1) is 10.2 Å². The number of nitrogens with zero attached hydrogens (tertiary/aromatic N) is 5. The van der Waals surface area contributed by atoms with Gasteiger partial charge in [-0.1, -0.05) is 22.7 Å². The van der Waals surface area contributed by atoms with Crippen LogP contribution in [0.25, 0.3) is 10.3 Å². The topological polar surface area (TPSA) is 94.5 Å². The van der Waals surface area contributed by atoms with Crippen molar-refractivity contribution in [1.82, 2.24) is 25.0 Å². The van der Waals surface area contributed by atoms with Crippen molar-refractivity contribution >= 4 is 43.3 Å². The maximum atomic E-state index is 5.59. The average molecular weight is 295 g/mol. The molecule has 3 aromatic heterocycles. The molecule has 0 saturated carbocycles. The Balaban J connectivity index is 1.87. The molecule has 9 heteroatoms. The SMILES string of the molecule is Cc1nn(C)c2nc(N[C@@H](C)c3nnc(N)s3)sc12. The van der Waals surface area contributed by atoms with Crippen molar-refractivity contribution in [2.24, 2.45) is 7.05 Å². The van der Waals surface area contributed by atoms with Crippen molar-refractivity contribution in [2.45, 2.75) is 19.9 Å². The number of aryl methyl sites for hydroxylation is 2. The monoisotopic (exact) mass is 295 g/mol. The van der Waals surface area contributed by atoms with E-state index < -0.39 is 0 Å². The third-order valence-corrected chi connectivity index (χ3v) is 4.73. The number of hydrogen-bond donors (Lipinski definition) is 2. The normalized spacial score (nSPS) is 13.0. The summed E-state index contributed by atoms with van der Waals surface area (Å²) in [6.07, 6.45) is 0. The zero-order valence-electron chi connectivity index (χ0n) is 10.7. The fourth-order valence-corrected chi connectivity index (χ4v) is 3.45. The predicted molar refractivity (Wildman–Crippen MR) is 77.5 cm³/mol. The summed E-state index contributed by atoms with van der Waals surface area (Å²) in [5.41, 5.74) is 7.48. The molecule has 3 rings (SSSR count). The number of nitrogen functional groups attached to an aromatic ring is 1. The Morgan fingerprint density at radius 2 is 2.11 bits per heavy atom. The van der Waals surface area contributed by atoms with Crippen LogP contribution in [-0.2, 0) is 7.05 Å². The highest BCUT2D eigenvalue weighted by Crippen LogP contribution is 2.31. The van der Waals surface area contributed by atoms with Gasteiger partial charge in [0.1, 0.15) is 5.01 Å². The summed E-state index contributed by atoms with van der Waals surface area (Å²) in [7, 11) is 1.90. The van der Waals surface area contributed by atoms with Crippen LogP contribution in [0.3, 0.4) is 0 Å². The maximum Gasteiger partial charge on any atom is 0.203 e. The first kappa shape index (κ1) is 12.3.